The third-order valence-electron chi connectivity index (χ3n) is 2.70. The van der Waals surface area contributed by atoms with Gasteiger partial charge in [0.25, 0.3) is 0 Å². The molecule has 1 heterocycles. The van der Waals surface area contributed by atoms with Crippen molar-refractivity contribution in [3.05, 3.63) is 0 Å². The summed E-state index contributed by atoms with van der Waals surface area (Å²) in [5, 5.41) is 11.7. The van der Waals surface area contributed by atoms with E-state index in [0.717, 1.165) is 0 Å². The van der Waals surface area contributed by atoms with Gasteiger partial charge in [-0.1, -0.05) is 0 Å². The van der Waals surface area contributed by atoms with Crippen LogP contribution in [0.4, 0.5) is 0 Å². The number of likely N-dealkylation sites (N-methyl/N-ethyl adjacent to an activating group) is 1. The second-order valence-electron chi connectivity index (χ2n) is 5.75. The molecule has 0 aliphatic carbocycles. The Morgan fingerprint density at radius 1 is 1.47 bits per heavy atom. The van der Waals surface area contributed by atoms with Crippen molar-refractivity contribution < 1.29 is 18.3 Å². The maximum absolute atomic E-state index is 11.8. The first-order valence-electron chi connectivity index (χ1n) is 6.03. The molecular weight excluding hydrogens is 292 g/mol. The fourth-order valence-electron chi connectivity index (χ4n) is 2.15. The molecule has 0 spiro atoms. The van der Waals surface area contributed by atoms with E-state index in [1.54, 1.807) is 25.8 Å². The largest absolute Gasteiger partial charge is 0.389 e. The molecule has 6 nitrogen and oxygen atoms in total. The molecule has 0 bridgehead atoms. The minimum absolute atomic E-state index is 0.0874. The number of sulfone groups is 1. The molecule has 0 aromatic rings. The first-order valence-corrected chi connectivity index (χ1v) is 8.29. The predicted molar refractivity (Wildman–Crippen MR) is 74.0 cm³/mol. The summed E-state index contributed by atoms with van der Waals surface area (Å²) in [4.78, 5) is 13.4. The number of carbonyl (C=O) groups excluding carboxylic acids is 1. The predicted octanol–water partition coefficient (Wildman–Crippen LogP) is -0.790. The Kier molecular flexibility index (Phi) is 5.22. The van der Waals surface area contributed by atoms with Gasteiger partial charge >= 0.3 is 0 Å². The van der Waals surface area contributed by atoms with Crippen LogP contribution in [-0.2, 0) is 14.6 Å². The van der Waals surface area contributed by atoms with Crippen molar-refractivity contribution in [2.24, 2.45) is 0 Å². The van der Waals surface area contributed by atoms with E-state index >= 15 is 0 Å². The van der Waals surface area contributed by atoms with Crippen molar-refractivity contribution in [1.29, 1.82) is 0 Å². The van der Waals surface area contributed by atoms with Gasteiger partial charge < -0.3 is 10.4 Å². The zero-order chi connectivity index (χ0) is 14.8. The average Bonchev–Trinajstić information content (AvgIpc) is 2.34. The number of halogens is 1. The normalized spacial score (nSPS) is 26.6. The van der Waals surface area contributed by atoms with Crippen molar-refractivity contribution in [2.45, 2.75) is 30.9 Å². The molecular formula is C11H21ClN2O4S. The minimum atomic E-state index is -3.15. The average molecular weight is 313 g/mol. The van der Waals surface area contributed by atoms with Crippen molar-refractivity contribution in [3.63, 3.8) is 0 Å². The molecule has 1 saturated heterocycles. The van der Waals surface area contributed by atoms with Crippen LogP contribution < -0.4 is 5.32 Å². The second kappa shape index (κ2) is 5.95. The SMILES string of the molecule is CN(CC(=O)NC1CS(=O)(=O)CC1Cl)CC(C)(C)O. The lowest BCUT2D eigenvalue weighted by Crippen LogP contribution is -2.47. The van der Waals surface area contributed by atoms with Gasteiger partial charge in [-0.2, -0.15) is 0 Å². The molecule has 0 saturated carbocycles. The Hall–Kier alpha value is -0.370. The smallest absolute Gasteiger partial charge is 0.234 e. The molecule has 1 aliphatic rings. The number of hydrogen-bond donors (Lipinski definition) is 2. The van der Waals surface area contributed by atoms with E-state index in [2.05, 4.69) is 5.32 Å². The van der Waals surface area contributed by atoms with Crippen LogP contribution in [0.15, 0.2) is 0 Å². The highest BCUT2D eigenvalue weighted by atomic mass is 35.5. The summed E-state index contributed by atoms with van der Waals surface area (Å²) < 4.78 is 22.7. The molecule has 1 amide bonds. The first kappa shape index (κ1) is 16.7. The highest BCUT2D eigenvalue weighted by Crippen LogP contribution is 2.17. The molecule has 0 aromatic carbocycles. The second-order valence-corrected chi connectivity index (χ2v) is 8.47. The zero-order valence-corrected chi connectivity index (χ0v) is 13.0. The van der Waals surface area contributed by atoms with Crippen LogP contribution in [0.25, 0.3) is 0 Å². The van der Waals surface area contributed by atoms with Crippen LogP contribution in [0.3, 0.4) is 0 Å². The van der Waals surface area contributed by atoms with Gasteiger partial charge in [-0.15, -0.1) is 11.6 Å². The van der Waals surface area contributed by atoms with E-state index in [0.29, 0.717) is 6.54 Å². The van der Waals surface area contributed by atoms with Crippen LogP contribution >= 0.6 is 11.6 Å². The molecule has 0 aromatic heterocycles. The highest BCUT2D eigenvalue weighted by Gasteiger charge is 2.37. The highest BCUT2D eigenvalue weighted by molar-refractivity contribution is 7.91. The fourth-order valence-corrected chi connectivity index (χ4v) is 4.70. The Bertz CT molecular complexity index is 432. The molecule has 2 N–H and O–H groups in total. The molecule has 2 atom stereocenters. The number of alkyl halides is 1. The van der Waals surface area contributed by atoms with Crippen molar-refractivity contribution in [2.75, 3.05) is 31.6 Å². The van der Waals surface area contributed by atoms with Gasteiger partial charge in [0, 0.05) is 6.54 Å². The molecule has 19 heavy (non-hydrogen) atoms. The van der Waals surface area contributed by atoms with Crippen molar-refractivity contribution in [1.82, 2.24) is 10.2 Å². The lowest BCUT2D eigenvalue weighted by molar-refractivity contribution is -0.123. The van der Waals surface area contributed by atoms with E-state index < -0.39 is 26.9 Å². The number of aliphatic hydroxyl groups is 1. The summed E-state index contributed by atoms with van der Waals surface area (Å²) in [5.74, 6) is -0.499. The number of amides is 1. The molecule has 1 aliphatic heterocycles. The zero-order valence-electron chi connectivity index (χ0n) is 11.4. The maximum atomic E-state index is 11.8. The van der Waals surface area contributed by atoms with Gasteiger partial charge in [0.15, 0.2) is 9.84 Å². The van der Waals surface area contributed by atoms with E-state index in [-0.39, 0.29) is 24.0 Å². The molecule has 2 unspecified atom stereocenters. The number of nitrogens with zero attached hydrogens (tertiary/aromatic N) is 1. The third kappa shape index (κ3) is 6.07. The molecule has 8 heteroatoms. The Morgan fingerprint density at radius 3 is 2.47 bits per heavy atom. The van der Waals surface area contributed by atoms with Crippen LogP contribution in [-0.4, -0.2) is 73.0 Å². The minimum Gasteiger partial charge on any atom is -0.389 e. The maximum Gasteiger partial charge on any atom is 0.234 e. The summed E-state index contributed by atoms with van der Waals surface area (Å²) in [6, 6.07) is -0.533. The lowest BCUT2D eigenvalue weighted by Gasteiger charge is -2.25. The topological polar surface area (TPSA) is 86.7 Å². The van der Waals surface area contributed by atoms with Crippen LogP contribution in [0.2, 0.25) is 0 Å². The van der Waals surface area contributed by atoms with Gasteiger partial charge in [0.05, 0.1) is 35.1 Å². The number of carbonyl (C=O) groups is 1. The Morgan fingerprint density at radius 2 is 2.05 bits per heavy atom. The molecule has 112 valence electrons. The summed E-state index contributed by atoms with van der Waals surface area (Å²) >= 11 is 5.90. The molecule has 1 rings (SSSR count). The van der Waals surface area contributed by atoms with Crippen molar-refractivity contribution in [3.8, 4) is 0 Å². The van der Waals surface area contributed by atoms with E-state index in [1.807, 2.05) is 0 Å². The van der Waals surface area contributed by atoms with E-state index in [1.165, 1.54) is 0 Å². The van der Waals surface area contributed by atoms with Gasteiger partial charge in [-0.25, -0.2) is 8.42 Å². The molecule has 1 fully saturated rings. The number of hydrogen-bond acceptors (Lipinski definition) is 5. The quantitative estimate of drug-likeness (QED) is 0.650. The van der Waals surface area contributed by atoms with Crippen molar-refractivity contribution >= 4 is 27.3 Å². The standard InChI is InChI=1S/C11H21ClN2O4S/c1-11(2,16)7-14(3)4-10(15)13-9-6-19(17,18)5-8(9)12/h8-9,16H,4-7H2,1-3H3,(H,13,15). The summed E-state index contributed by atoms with van der Waals surface area (Å²) in [6.07, 6.45) is 0. The van der Waals surface area contributed by atoms with E-state index in [4.69, 9.17) is 11.6 Å². The third-order valence-corrected chi connectivity index (χ3v) is 5.08. The molecule has 0 radical (unpaired) electrons. The Labute approximate surface area is 119 Å². The summed E-state index contributed by atoms with van der Waals surface area (Å²) in [5.41, 5.74) is -0.888. The van der Waals surface area contributed by atoms with E-state index in [9.17, 15) is 18.3 Å². The number of nitrogens with one attached hydrogen (secondary N) is 1. The van der Waals surface area contributed by atoms with Gasteiger partial charge in [0.1, 0.15) is 0 Å². The summed E-state index contributed by atoms with van der Waals surface area (Å²) in [7, 11) is -1.44. The van der Waals surface area contributed by atoms with Crippen LogP contribution in [0.5, 0.6) is 0 Å². The monoisotopic (exact) mass is 312 g/mol. The lowest BCUT2D eigenvalue weighted by atomic mass is 10.1. The summed E-state index contributed by atoms with van der Waals surface area (Å²) in [6.45, 7) is 3.73. The number of rotatable bonds is 5. The van der Waals surface area contributed by atoms with Crippen LogP contribution in [0.1, 0.15) is 13.8 Å². The van der Waals surface area contributed by atoms with Gasteiger partial charge in [-0.05, 0) is 20.9 Å². The Balaban J connectivity index is 2.44. The van der Waals surface area contributed by atoms with Gasteiger partial charge in [-0.3, -0.25) is 9.69 Å². The fraction of sp³-hybridized carbons (Fsp3) is 0.909. The van der Waals surface area contributed by atoms with Crippen LogP contribution in [0, 0.1) is 0 Å². The van der Waals surface area contributed by atoms with Gasteiger partial charge in [0.2, 0.25) is 5.91 Å². The first-order chi connectivity index (χ1) is 8.48.